The van der Waals surface area contributed by atoms with Gasteiger partial charge in [-0.3, -0.25) is 9.69 Å². The van der Waals surface area contributed by atoms with Gasteiger partial charge in [-0.15, -0.1) is 0 Å². The summed E-state index contributed by atoms with van der Waals surface area (Å²) < 4.78 is 16.7. The highest BCUT2D eigenvalue weighted by Crippen LogP contribution is 2.38. The molecular formula is C36H43N3O6. The first-order valence-electron chi connectivity index (χ1n) is 15.7. The molecule has 2 aliphatic rings. The van der Waals surface area contributed by atoms with Gasteiger partial charge in [0.15, 0.2) is 0 Å². The Bertz CT molecular complexity index is 1510. The van der Waals surface area contributed by atoms with Gasteiger partial charge in [0, 0.05) is 38.3 Å². The van der Waals surface area contributed by atoms with Crippen molar-refractivity contribution in [2.75, 3.05) is 44.3 Å². The zero-order valence-corrected chi connectivity index (χ0v) is 26.6. The van der Waals surface area contributed by atoms with Gasteiger partial charge in [0.25, 0.3) is 0 Å². The second-order valence-electron chi connectivity index (χ2n) is 12.5. The maximum Gasteiger partial charge on any atom is 0.408 e. The molecule has 0 radical (unpaired) electrons. The summed E-state index contributed by atoms with van der Waals surface area (Å²) >= 11 is 0. The van der Waals surface area contributed by atoms with E-state index in [-0.39, 0.29) is 18.9 Å². The molecule has 1 atom stereocenters. The van der Waals surface area contributed by atoms with Crippen molar-refractivity contribution in [2.24, 2.45) is 0 Å². The van der Waals surface area contributed by atoms with Gasteiger partial charge < -0.3 is 24.4 Å². The van der Waals surface area contributed by atoms with E-state index in [9.17, 15) is 14.4 Å². The number of amides is 2. The molecule has 5 rings (SSSR count). The minimum Gasteiger partial charge on any atom is -0.458 e. The van der Waals surface area contributed by atoms with E-state index in [1.807, 2.05) is 55.5 Å². The maximum atomic E-state index is 13.2. The summed E-state index contributed by atoms with van der Waals surface area (Å²) in [5.41, 5.74) is 6.60. The molecule has 1 aliphatic carbocycles. The van der Waals surface area contributed by atoms with E-state index < -0.39 is 23.7 Å². The molecular weight excluding hydrogens is 570 g/mol. The molecule has 1 fully saturated rings. The molecule has 0 aromatic heterocycles. The van der Waals surface area contributed by atoms with Crippen molar-refractivity contribution in [3.05, 3.63) is 89.0 Å². The number of carbonyl (C=O) groups excluding carboxylic acids is 3. The summed E-state index contributed by atoms with van der Waals surface area (Å²) in [5.74, 6) is -0.507. The third-order valence-corrected chi connectivity index (χ3v) is 8.03. The van der Waals surface area contributed by atoms with Crippen LogP contribution in [0.5, 0.6) is 0 Å². The van der Waals surface area contributed by atoms with Crippen LogP contribution in [0.1, 0.15) is 49.9 Å². The van der Waals surface area contributed by atoms with Gasteiger partial charge >= 0.3 is 12.1 Å². The number of hydrogen-bond acceptors (Lipinski definition) is 7. The Morgan fingerprint density at radius 2 is 1.71 bits per heavy atom. The number of anilines is 1. The summed E-state index contributed by atoms with van der Waals surface area (Å²) in [6.45, 7) is 11.1. The van der Waals surface area contributed by atoms with Crippen molar-refractivity contribution in [1.29, 1.82) is 0 Å². The predicted octanol–water partition coefficient (Wildman–Crippen LogP) is 5.12. The van der Waals surface area contributed by atoms with E-state index in [0.29, 0.717) is 26.3 Å². The number of nitrogens with one attached hydrogen (secondary N) is 1. The summed E-state index contributed by atoms with van der Waals surface area (Å²) in [6, 6.07) is 20.9. The van der Waals surface area contributed by atoms with Gasteiger partial charge in [0.1, 0.15) is 18.2 Å². The van der Waals surface area contributed by atoms with E-state index in [0.717, 1.165) is 47.5 Å². The first-order valence-corrected chi connectivity index (χ1v) is 15.7. The summed E-state index contributed by atoms with van der Waals surface area (Å²) in [6.07, 6.45) is 0.307. The van der Waals surface area contributed by atoms with Crippen molar-refractivity contribution in [3.63, 3.8) is 0 Å². The molecule has 3 aromatic rings. The van der Waals surface area contributed by atoms with Gasteiger partial charge in [0.2, 0.25) is 5.91 Å². The van der Waals surface area contributed by atoms with Crippen LogP contribution in [-0.4, -0.2) is 73.9 Å². The third kappa shape index (κ3) is 8.29. The zero-order valence-electron chi connectivity index (χ0n) is 26.6. The fraction of sp³-hybridized carbons (Fsp3) is 0.417. The SMILES string of the molecule is CCOCCN1CCN(c2ccc(C[C@H](NC(=O)OCc3cccc4c3Cc3ccccc3-4)C(=O)OC(C)(C)C)cc2)C(=O)C1. The van der Waals surface area contributed by atoms with Crippen LogP contribution in [0.4, 0.5) is 10.5 Å². The number of esters is 1. The Balaban J connectivity index is 1.21. The molecule has 1 aliphatic heterocycles. The first-order chi connectivity index (χ1) is 21.6. The number of benzene rings is 3. The fourth-order valence-electron chi connectivity index (χ4n) is 5.82. The van der Waals surface area contributed by atoms with Crippen molar-refractivity contribution in [3.8, 4) is 11.1 Å². The molecule has 0 spiro atoms. The minimum atomic E-state index is -0.955. The first kappa shape index (κ1) is 32.2. The van der Waals surface area contributed by atoms with E-state index in [1.54, 1.807) is 25.7 Å². The van der Waals surface area contributed by atoms with Gasteiger partial charge in [0.05, 0.1) is 13.2 Å². The number of alkyl carbamates (subject to hydrolysis) is 1. The number of nitrogens with zero attached hydrogens (tertiary/aromatic N) is 2. The van der Waals surface area contributed by atoms with Crippen molar-refractivity contribution < 1.29 is 28.6 Å². The average Bonchev–Trinajstić information content (AvgIpc) is 3.39. The lowest BCUT2D eigenvalue weighted by atomic mass is 10.0. The van der Waals surface area contributed by atoms with E-state index >= 15 is 0 Å². The summed E-state index contributed by atoms with van der Waals surface area (Å²) in [7, 11) is 0. The van der Waals surface area contributed by atoms with Gasteiger partial charge in [-0.05, 0) is 79.6 Å². The average molecular weight is 614 g/mol. The van der Waals surface area contributed by atoms with E-state index in [2.05, 4.69) is 28.4 Å². The second-order valence-corrected chi connectivity index (χ2v) is 12.5. The lowest BCUT2D eigenvalue weighted by molar-refractivity contribution is -0.157. The fourth-order valence-corrected chi connectivity index (χ4v) is 5.82. The Morgan fingerprint density at radius 1 is 0.956 bits per heavy atom. The molecule has 3 aromatic carbocycles. The number of fused-ring (bicyclic) bond motifs is 3. The number of carbonyl (C=O) groups is 3. The van der Waals surface area contributed by atoms with Gasteiger partial charge in [-0.2, -0.15) is 0 Å². The smallest absolute Gasteiger partial charge is 0.408 e. The topological polar surface area (TPSA) is 97.4 Å². The number of piperazine rings is 1. The number of ether oxygens (including phenoxy) is 3. The quantitative estimate of drug-likeness (QED) is 0.185. The molecule has 9 nitrogen and oxygen atoms in total. The van der Waals surface area contributed by atoms with E-state index in [4.69, 9.17) is 14.2 Å². The minimum absolute atomic E-state index is 0.0366. The van der Waals surface area contributed by atoms with Crippen LogP contribution in [0.3, 0.4) is 0 Å². The molecule has 1 heterocycles. The molecule has 1 N–H and O–H groups in total. The molecule has 1 saturated heterocycles. The van der Waals surface area contributed by atoms with Crippen molar-refractivity contribution in [2.45, 2.75) is 58.8 Å². The van der Waals surface area contributed by atoms with Gasteiger partial charge in [-0.1, -0.05) is 54.6 Å². The standard InChI is InChI=1S/C36H43N3O6/c1-5-43-20-19-38-17-18-39(33(40)23-38)28-15-13-25(14-16-28)21-32(34(41)45-36(2,3)4)37-35(42)44-24-27-10-8-12-30-29-11-7-6-9-26(29)22-31(27)30/h6-16,32H,5,17-24H2,1-4H3,(H,37,42)/t32-/m0/s1. The second kappa shape index (κ2) is 14.3. The third-order valence-electron chi connectivity index (χ3n) is 8.03. The highest BCUT2D eigenvalue weighted by Gasteiger charge is 2.29. The summed E-state index contributed by atoms with van der Waals surface area (Å²) in [4.78, 5) is 42.9. The lowest BCUT2D eigenvalue weighted by Gasteiger charge is -2.34. The van der Waals surface area contributed by atoms with Crippen LogP contribution in [0, 0.1) is 0 Å². The highest BCUT2D eigenvalue weighted by atomic mass is 16.6. The highest BCUT2D eigenvalue weighted by molar-refractivity contribution is 5.95. The maximum absolute atomic E-state index is 13.2. The lowest BCUT2D eigenvalue weighted by Crippen LogP contribution is -2.51. The van der Waals surface area contributed by atoms with Crippen LogP contribution in [0.25, 0.3) is 11.1 Å². The van der Waals surface area contributed by atoms with Crippen LogP contribution in [-0.2, 0) is 43.2 Å². The molecule has 0 unspecified atom stereocenters. The molecule has 0 bridgehead atoms. The van der Waals surface area contributed by atoms with Crippen LogP contribution < -0.4 is 10.2 Å². The number of rotatable bonds is 11. The molecule has 45 heavy (non-hydrogen) atoms. The Labute approximate surface area is 265 Å². The van der Waals surface area contributed by atoms with Crippen LogP contribution >= 0.6 is 0 Å². The van der Waals surface area contributed by atoms with E-state index in [1.165, 1.54) is 11.1 Å². The van der Waals surface area contributed by atoms with Crippen molar-refractivity contribution >= 4 is 23.7 Å². The zero-order chi connectivity index (χ0) is 32.0. The molecule has 0 saturated carbocycles. The predicted molar refractivity (Wildman–Crippen MR) is 173 cm³/mol. The Morgan fingerprint density at radius 3 is 2.44 bits per heavy atom. The van der Waals surface area contributed by atoms with Crippen molar-refractivity contribution in [1.82, 2.24) is 10.2 Å². The Hall–Kier alpha value is -4.21. The van der Waals surface area contributed by atoms with Crippen LogP contribution in [0.2, 0.25) is 0 Å². The van der Waals surface area contributed by atoms with Gasteiger partial charge in [-0.25, -0.2) is 9.59 Å². The molecule has 2 amide bonds. The molecule has 238 valence electrons. The Kier molecular flexibility index (Phi) is 10.2. The van der Waals surface area contributed by atoms with Crippen LogP contribution in [0.15, 0.2) is 66.7 Å². The summed E-state index contributed by atoms with van der Waals surface area (Å²) in [5, 5.41) is 2.74. The normalized spacial score (nSPS) is 15.3. The monoisotopic (exact) mass is 613 g/mol. The molecule has 9 heteroatoms. The largest absolute Gasteiger partial charge is 0.458 e. The number of hydrogen-bond donors (Lipinski definition) is 1.